The van der Waals surface area contributed by atoms with Gasteiger partial charge in [0.25, 0.3) is 0 Å². The summed E-state index contributed by atoms with van der Waals surface area (Å²) in [4.78, 5) is 0. The first-order valence-electron chi connectivity index (χ1n) is 10.4. The van der Waals surface area contributed by atoms with E-state index < -0.39 is 5.60 Å². The highest BCUT2D eigenvalue weighted by Gasteiger charge is 2.62. The van der Waals surface area contributed by atoms with Crippen molar-refractivity contribution >= 4 is 0 Å². The van der Waals surface area contributed by atoms with Gasteiger partial charge in [0.1, 0.15) is 0 Å². The lowest BCUT2D eigenvalue weighted by molar-refractivity contribution is -0.119. The van der Waals surface area contributed by atoms with Gasteiger partial charge < -0.3 is 15.3 Å². The zero-order valence-electron chi connectivity index (χ0n) is 16.3. The molecule has 0 aromatic heterocycles. The van der Waals surface area contributed by atoms with Crippen LogP contribution in [0.5, 0.6) is 0 Å². The Hall–Kier alpha value is -0.380. The number of rotatable bonds is 1. The summed E-state index contributed by atoms with van der Waals surface area (Å²) in [6.45, 7) is 8.70. The Kier molecular flexibility index (Phi) is 4.00. The van der Waals surface area contributed by atoms with E-state index in [4.69, 9.17) is 0 Å². The van der Waals surface area contributed by atoms with Crippen LogP contribution in [-0.2, 0) is 0 Å². The first-order chi connectivity index (χ1) is 11.6. The number of aliphatic hydroxyl groups is 3. The second-order valence-electron chi connectivity index (χ2n) is 10.6. The molecule has 25 heavy (non-hydrogen) atoms. The molecule has 4 aliphatic carbocycles. The molecule has 3 N–H and O–H groups in total. The van der Waals surface area contributed by atoms with Crippen LogP contribution >= 0.6 is 0 Å². The van der Waals surface area contributed by atoms with Crippen molar-refractivity contribution in [1.82, 2.24) is 0 Å². The summed E-state index contributed by atoms with van der Waals surface area (Å²) < 4.78 is 0. The molecule has 0 heterocycles. The molecule has 0 saturated heterocycles. The molecule has 0 aromatic carbocycles. The first kappa shape index (κ1) is 18.0. The number of aliphatic hydroxyl groups excluding tert-OH is 2. The van der Waals surface area contributed by atoms with E-state index in [1.54, 1.807) is 0 Å². The van der Waals surface area contributed by atoms with Crippen molar-refractivity contribution in [2.75, 3.05) is 0 Å². The van der Waals surface area contributed by atoms with Gasteiger partial charge in [-0.2, -0.15) is 0 Å². The van der Waals surface area contributed by atoms with Crippen molar-refractivity contribution in [2.24, 2.45) is 34.5 Å². The van der Waals surface area contributed by atoms with Gasteiger partial charge in [-0.1, -0.05) is 25.5 Å². The Morgan fingerprint density at radius 3 is 2.40 bits per heavy atom. The van der Waals surface area contributed by atoms with E-state index in [0.717, 1.165) is 44.9 Å². The van der Waals surface area contributed by atoms with Gasteiger partial charge >= 0.3 is 0 Å². The van der Waals surface area contributed by atoms with E-state index in [1.807, 2.05) is 13.8 Å². The Labute approximate surface area is 152 Å². The van der Waals surface area contributed by atoms with Gasteiger partial charge in [-0.25, -0.2) is 0 Å². The Morgan fingerprint density at radius 2 is 1.72 bits per heavy atom. The first-order valence-corrected chi connectivity index (χ1v) is 10.4. The third kappa shape index (κ3) is 2.49. The molecule has 0 unspecified atom stereocenters. The molecule has 0 spiro atoms. The molecule has 3 fully saturated rings. The lowest BCUT2D eigenvalue weighted by Gasteiger charge is -2.59. The predicted molar refractivity (Wildman–Crippen MR) is 98.9 cm³/mol. The van der Waals surface area contributed by atoms with E-state index in [2.05, 4.69) is 19.9 Å². The number of fused-ring (bicyclic) bond motifs is 5. The van der Waals surface area contributed by atoms with Gasteiger partial charge in [0.05, 0.1) is 17.8 Å². The molecule has 0 aromatic rings. The topological polar surface area (TPSA) is 60.7 Å². The van der Waals surface area contributed by atoms with Gasteiger partial charge in [-0.3, -0.25) is 0 Å². The van der Waals surface area contributed by atoms with Gasteiger partial charge in [-0.05, 0) is 93.3 Å². The van der Waals surface area contributed by atoms with Crippen molar-refractivity contribution < 1.29 is 15.3 Å². The fourth-order valence-corrected chi connectivity index (χ4v) is 7.79. The maximum atomic E-state index is 11.1. The average molecular weight is 349 g/mol. The molecule has 0 amide bonds. The summed E-state index contributed by atoms with van der Waals surface area (Å²) in [7, 11) is 0. The highest BCUT2D eigenvalue weighted by Crippen LogP contribution is 2.67. The van der Waals surface area contributed by atoms with Crippen LogP contribution in [0, 0.1) is 34.5 Å². The summed E-state index contributed by atoms with van der Waals surface area (Å²) >= 11 is 0. The van der Waals surface area contributed by atoms with Crippen LogP contribution in [0.1, 0.15) is 72.6 Å². The zero-order valence-corrected chi connectivity index (χ0v) is 16.3. The summed E-state index contributed by atoms with van der Waals surface area (Å²) in [6, 6.07) is 0. The van der Waals surface area contributed by atoms with E-state index >= 15 is 0 Å². The van der Waals surface area contributed by atoms with Crippen molar-refractivity contribution in [3.8, 4) is 0 Å². The quantitative estimate of drug-likeness (QED) is 0.634. The molecule has 4 aliphatic rings. The van der Waals surface area contributed by atoms with Crippen LogP contribution in [0.15, 0.2) is 11.6 Å². The van der Waals surface area contributed by atoms with Crippen LogP contribution < -0.4 is 0 Å². The molecule has 0 radical (unpaired) electrons. The van der Waals surface area contributed by atoms with Gasteiger partial charge in [0.2, 0.25) is 0 Å². The molecule has 0 bridgehead atoms. The maximum Gasteiger partial charge on any atom is 0.0757 e. The smallest absolute Gasteiger partial charge is 0.0757 e. The Balaban J connectivity index is 1.70. The van der Waals surface area contributed by atoms with E-state index in [0.29, 0.717) is 23.7 Å². The van der Waals surface area contributed by atoms with Crippen molar-refractivity contribution in [3.63, 3.8) is 0 Å². The summed E-state index contributed by atoms with van der Waals surface area (Å²) in [5, 5.41) is 31.9. The fourth-order valence-electron chi connectivity index (χ4n) is 7.79. The van der Waals surface area contributed by atoms with E-state index in [9.17, 15) is 15.3 Å². The molecule has 3 heteroatoms. The third-order valence-electron chi connectivity index (χ3n) is 8.96. The lowest BCUT2D eigenvalue weighted by Crippen LogP contribution is -2.56. The monoisotopic (exact) mass is 348 g/mol. The SMILES string of the molecule is CC(C)(O)[C@H]1CC[C@H]2[C@@H]3[C@H](O)C=C4C[C@@H](O)CC[C@]4(C)[C@H]3CC[C@]12C. The Morgan fingerprint density at radius 1 is 1.00 bits per heavy atom. The zero-order chi connectivity index (χ0) is 18.2. The molecular formula is C22H36O3. The second kappa shape index (κ2) is 5.56. The Bertz CT molecular complexity index is 576. The lowest BCUT2D eigenvalue weighted by atomic mass is 9.46. The summed E-state index contributed by atoms with van der Waals surface area (Å²) in [6.07, 6.45) is 8.67. The summed E-state index contributed by atoms with van der Waals surface area (Å²) in [5.41, 5.74) is 0.948. The van der Waals surface area contributed by atoms with Crippen LogP contribution in [0.4, 0.5) is 0 Å². The minimum Gasteiger partial charge on any atom is -0.393 e. The molecular weight excluding hydrogens is 312 g/mol. The molecule has 8 atom stereocenters. The average Bonchev–Trinajstić information content (AvgIpc) is 2.86. The number of hydrogen-bond donors (Lipinski definition) is 3. The van der Waals surface area contributed by atoms with Crippen molar-refractivity contribution in [2.45, 2.75) is 90.4 Å². The van der Waals surface area contributed by atoms with E-state index in [1.165, 1.54) is 5.57 Å². The minimum atomic E-state index is -0.643. The molecule has 0 aliphatic heterocycles. The second-order valence-corrected chi connectivity index (χ2v) is 10.6. The van der Waals surface area contributed by atoms with Crippen molar-refractivity contribution in [3.05, 3.63) is 11.6 Å². The highest BCUT2D eigenvalue weighted by atomic mass is 16.3. The molecule has 3 saturated carbocycles. The van der Waals surface area contributed by atoms with Gasteiger partial charge in [0.15, 0.2) is 0 Å². The molecule has 3 nitrogen and oxygen atoms in total. The minimum absolute atomic E-state index is 0.135. The highest BCUT2D eigenvalue weighted by molar-refractivity contribution is 5.28. The van der Waals surface area contributed by atoms with Crippen LogP contribution in [-0.4, -0.2) is 33.1 Å². The van der Waals surface area contributed by atoms with Crippen LogP contribution in [0.25, 0.3) is 0 Å². The standard InChI is InChI=1S/C22H36O3/c1-20(2,25)18-6-5-15-19-16(8-10-22(15,18)4)21(3)9-7-14(23)11-13(21)12-17(19)24/h12,14-19,23-25H,5-11H2,1-4H3/t14-,15-,16-,17+,18+,19-,21-,22-/m0/s1. The number of hydrogen-bond acceptors (Lipinski definition) is 3. The molecule has 4 rings (SSSR count). The fraction of sp³-hybridized carbons (Fsp3) is 0.909. The maximum absolute atomic E-state index is 11.1. The van der Waals surface area contributed by atoms with Crippen molar-refractivity contribution in [1.29, 1.82) is 0 Å². The summed E-state index contributed by atoms with van der Waals surface area (Å²) in [5.74, 6) is 1.66. The predicted octanol–water partition coefficient (Wildman–Crippen LogP) is 3.67. The third-order valence-corrected chi connectivity index (χ3v) is 8.96. The van der Waals surface area contributed by atoms with Crippen LogP contribution in [0.2, 0.25) is 0 Å². The normalized spacial score (nSPS) is 52.8. The van der Waals surface area contributed by atoms with Gasteiger partial charge in [-0.15, -0.1) is 0 Å². The van der Waals surface area contributed by atoms with Gasteiger partial charge in [0, 0.05) is 0 Å². The largest absolute Gasteiger partial charge is 0.393 e. The molecule has 142 valence electrons. The van der Waals surface area contributed by atoms with Crippen LogP contribution in [0.3, 0.4) is 0 Å². The van der Waals surface area contributed by atoms with E-state index in [-0.39, 0.29) is 23.0 Å².